The maximum absolute atomic E-state index is 11.5. The van der Waals surface area contributed by atoms with Crippen molar-refractivity contribution in [2.45, 2.75) is 72.2 Å². The van der Waals surface area contributed by atoms with Gasteiger partial charge in [0.1, 0.15) is 18.3 Å². The van der Waals surface area contributed by atoms with Crippen LogP contribution in [0.1, 0.15) is 41.5 Å². The molecule has 1 fully saturated rings. The lowest BCUT2D eigenvalue weighted by Gasteiger charge is -2.44. The van der Waals surface area contributed by atoms with Crippen LogP contribution in [0.2, 0.25) is 0 Å². The Morgan fingerprint density at radius 3 is 1.72 bits per heavy atom. The van der Waals surface area contributed by atoms with Crippen LogP contribution in [0.3, 0.4) is 0 Å². The minimum absolute atomic E-state index is 0.505. The van der Waals surface area contributed by atoms with Crippen molar-refractivity contribution in [2.75, 3.05) is 0 Å². The Bertz CT molecular complexity index is 530. The molecule has 1 aliphatic heterocycles. The highest BCUT2D eigenvalue weighted by atomic mass is 16.7. The van der Waals surface area contributed by atoms with Crippen molar-refractivity contribution in [3.63, 3.8) is 0 Å². The summed E-state index contributed by atoms with van der Waals surface area (Å²) < 4.78 is 26.4. The zero-order valence-electron chi connectivity index (χ0n) is 15.1. The van der Waals surface area contributed by atoms with Crippen LogP contribution >= 0.6 is 0 Å². The van der Waals surface area contributed by atoms with Crippen molar-refractivity contribution in [3.8, 4) is 0 Å². The molecular weight excluding hydrogens is 336 g/mol. The molecular formula is C16H24O9. The Kier molecular flexibility index (Phi) is 7.35. The van der Waals surface area contributed by atoms with E-state index in [1.807, 2.05) is 0 Å². The van der Waals surface area contributed by atoms with Crippen molar-refractivity contribution in [2.24, 2.45) is 5.92 Å². The number of hydrogen-bond acceptors (Lipinski definition) is 9. The van der Waals surface area contributed by atoms with Crippen molar-refractivity contribution < 1.29 is 42.9 Å². The third-order valence-corrected chi connectivity index (χ3v) is 3.62. The molecule has 142 valence electrons. The molecule has 9 nitrogen and oxygen atoms in total. The summed E-state index contributed by atoms with van der Waals surface area (Å²) in [6.07, 6.45) is -4.83. The molecule has 0 aromatic heterocycles. The normalized spacial score (nSPS) is 29.9. The van der Waals surface area contributed by atoms with E-state index in [1.165, 1.54) is 20.8 Å². The Balaban J connectivity index is 3.17. The maximum atomic E-state index is 11.5. The highest BCUT2D eigenvalue weighted by molar-refractivity contribution is 5.68. The molecule has 1 saturated heterocycles. The predicted octanol–water partition coefficient (Wildman–Crippen LogP) is 0.725. The highest BCUT2D eigenvalue weighted by Crippen LogP contribution is 2.33. The number of hydrogen-bond donors (Lipinski definition) is 0. The first kappa shape index (κ1) is 20.9. The predicted molar refractivity (Wildman–Crippen MR) is 81.9 cm³/mol. The van der Waals surface area contributed by atoms with Gasteiger partial charge in [0.05, 0.1) is 0 Å². The monoisotopic (exact) mass is 360 g/mol. The topological polar surface area (TPSA) is 114 Å². The molecule has 0 N–H and O–H groups in total. The zero-order valence-corrected chi connectivity index (χ0v) is 15.1. The van der Waals surface area contributed by atoms with Crippen LogP contribution in [0.25, 0.3) is 0 Å². The molecule has 1 aliphatic rings. The molecule has 0 aromatic carbocycles. The second-order valence-electron chi connectivity index (χ2n) is 5.90. The SMILES string of the molecule is CC(=O)OC1O[C@@H]([C@@H](C)OC(C)=O)[C@@H](C)[C@@H](OC(C)=O)[C@@H]1OC(C)=O. The van der Waals surface area contributed by atoms with Gasteiger partial charge in [-0.1, -0.05) is 6.92 Å². The summed E-state index contributed by atoms with van der Waals surface area (Å²) in [6, 6.07) is 0. The lowest BCUT2D eigenvalue weighted by atomic mass is 9.87. The van der Waals surface area contributed by atoms with Crippen molar-refractivity contribution >= 4 is 23.9 Å². The lowest BCUT2D eigenvalue weighted by molar-refractivity contribution is -0.293. The Hall–Kier alpha value is -2.16. The van der Waals surface area contributed by atoms with Crippen molar-refractivity contribution in [1.29, 1.82) is 0 Å². The molecule has 1 heterocycles. The van der Waals surface area contributed by atoms with E-state index in [2.05, 4.69) is 0 Å². The summed E-state index contributed by atoms with van der Waals surface area (Å²) in [5.74, 6) is -2.94. The summed E-state index contributed by atoms with van der Waals surface area (Å²) in [4.78, 5) is 45.5. The molecule has 6 atom stereocenters. The van der Waals surface area contributed by atoms with Gasteiger partial charge >= 0.3 is 23.9 Å². The number of esters is 4. The van der Waals surface area contributed by atoms with E-state index >= 15 is 0 Å². The fraction of sp³-hybridized carbons (Fsp3) is 0.750. The quantitative estimate of drug-likeness (QED) is 0.517. The largest absolute Gasteiger partial charge is 0.460 e. The van der Waals surface area contributed by atoms with E-state index in [9.17, 15) is 19.2 Å². The molecule has 1 unspecified atom stereocenters. The van der Waals surface area contributed by atoms with E-state index in [0.29, 0.717) is 0 Å². The second-order valence-corrected chi connectivity index (χ2v) is 5.90. The van der Waals surface area contributed by atoms with Crippen LogP contribution in [0.5, 0.6) is 0 Å². The van der Waals surface area contributed by atoms with Gasteiger partial charge in [0.2, 0.25) is 12.4 Å². The fourth-order valence-corrected chi connectivity index (χ4v) is 2.80. The molecule has 0 aliphatic carbocycles. The van der Waals surface area contributed by atoms with E-state index in [0.717, 1.165) is 6.92 Å². The number of ether oxygens (including phenoxy) is 5. The van der Waals surface area contributed by atoms with E-state index in [4.69, 9.17) is 23.7 Å². The highest BCUT2D eigenvalue weighted by Gasteiger charge is 2.51. The minimum Gasteiger partial charge on any atom is -0.460 e. The summed E-state index contributed by atoms with van der Waals surface area (Å²) in [5.41, 5.74) is 0. The van der Waals surface area contributed by atoms with Crippen LogP contribution in [0.4, 0.5) is 0 Å². The molecule has 9 heteroatoms. The summed E-state index contributed by atoms with van der Waals surface area (Å²) in [6.45, 7) is 8.09. The van der Waals surface area contributed by atoms with E-state index in [1.54, 1.807) is 13.8 Å². The second kappa shape index (κ2) is 8.80. The lowest BCUT2D eigenvalue weighted by Crippen LogP contribution is -2.60. The van der Waals surface area contributed by atoms with Gasteiger partial charge in [-0.3, -0.25) is 19.2 Å². The average Bonchev–Trinajstić information content (AvgIpc) is 2.43. The molecule has 25 heavy (non-hydrogen) atoms. The van der Waals surface area contributed by atoms with Crippen molar-refractivity contribution in [1.82, 2.24) is 0 Å². The molecule has 0 spiro atoms. The zero-order chi connectivity index (χ0) is 19.3. The van der Waals surface area contributed by atoms with Crippen LogP contribution < -0.4 is 0 Å². The summed E-state index contributed by atoms with van der Waals surface area (Å²) >= 11 is 0. The van der Waals surface area contributed by atoms with Gasteiger partial charge < -0.3 is 23.7 Å². The maximum Gasteiger partial charge on any atom is 0.305 e. The van der Waals surface area contributed by atoms with Gasteiger partial charge in [-0.2, -0.15) is 0 Å². The molecule has 1 rings (SSSR count). The first-order chi connectivity index (χ1) is 11.5. The van der Waals surface area contributed by atoms with E-state index in [-0.39, 0.29) is 0 Å². The van der Waals surface area contributed by atoms with Crippen LogP contribution in [0.15, 0.2) is 0 Å². The van der Waals surface area contributed by atoms with Gasteiger partial charge in [0.15, 0.2) is 0 Å². The molecule has 0 radical (unpaired) electrons. The van der Waals surface area contributed by atoms with E-state index < -0.39 is 60.5 Å². The first-order valence-corrected chi connectivity index (χ1v) is 7.87. The summed E-state index contributed by atoms with van der Waals surface area (Å²) in [7, 11) is 0. The van der Waals surface area contributed by atoms with Crippen molar-refractivity contribution in [3.05, 3.63) is 0 Å². The standard InChI is InChI=1S/C16H24O9/c1-7-13(8(2)21-9(3)17)25-16(24-12(6)20)15(23-11(5)19)14(7)22-10(4)18/h7-8,13-16H,1-6H3/t7-,8-,13-,14-,15+,16?/m1/s1. The van der Waals surface area contributed by atoms with Crippen LogP contribution in [-0.2, 0) is 42.9 Å². The number of rotatable bonds is 5. The molecule has 0 saturated carbocycles. The van der Waals surface area contributed by atoms with Gasteiger partial charge in [-0.25, -0.2) is 0 Å². The first-order valence-electron chi connectivity index (χ1n) is 7.87. The minimum atomic E-state index is -1.30. The van der Waals surface area contributed by atoms with Gasteiger partial charge in [0.25, 0.3) is 0 Å². The van der Waals surface area contributed by atoms with Crippen LogP contribution in [-0.4, -0.2) is 54.6 Å². The third kappa shape index (κ3) is 6.00. The van der Waals surface area contributed by atoms with Gasteiger partial charge in [-0.15, -0.1) is 0 Å². The number of carbonyl (C=O) groups is 4. The molecule has 0 bridgehead atoms. The Morgan fingerprint density at radius 2 is 1.28 bits per heavy atom. The van der Waals surface area contributed by atoms with Crippen LogP contribution in [0, 0.1) is 5.92 Å². The smallest absolute Gasteiger partial charge is 0.305 e. The molecule has 0 aromatic rings. The number of carbonyl (C=O) groups excluding carboxylic acids is 4. The Morgan fingerprint density at radius 1 is 0.800 bits per heavy atom. The fourth-order valence-electron chi connectivity index (χ4n) is 2.80. The average molecular weight is 360 g/mol. The Labute approximate surface area is 145 Å². The third-order valence-electron chi connectivity index (χ3n) is 3.62. The molecule has 0 amide bonds. The summed E-state index contributed by atoms with van der Waals surface area (Å²) in [5, 5.41) is 0. The van der Waals surface area contributed by atoms with Gasteiger partial charge in [0, 0.05) is 33.6 Å². The van der Waals surface area contributed by atoms with Gasteiger partial charge in [-0.05, 0) is 6.92 Å².